The number of aryl methyl sites for hydroxylation is 1. The van der Waals surface area contributed by atoms with E-state index in [0.717, 1.165) is 35.4 Å². The maximum absolute atomic E-state index is 9.90. The Morgan fingerprint density at radius 1 is 1.09 bits per heavy atom. The van der Waals surface area contributed by atoms with E-state index in [2.05, 4.69) is 11.4 Å². The highest BCUT2D eigenvalue weighted by molar-refractivity contribution is 5.66. The molecule has 0 amide bonds. The Morgan fingerprint density at radius 2 is 1.91 bits per heavy atom. The summed E-state index contributed by atoms with van der Waals surface area (Å²) in [7, 11) is 3.47. The SMILES string of the molecule is CNCC(O)COc1cccc(-c2nc(CCCOC)cc(-c3cccc(C#N)c3)n2)c1. The second kappa shape index (κ2) is 11.9. The summed E-state index contributed by atoms with van der Waals surface area (Å²) >= 11 is 0. The molecule has 2 N–H and O–H groups in total. The van der Waals surface area contributed by atoms with Crippen LogP contribution in [0, 0.1) is 11.3 Å². The van der Waals surface area contributed by atoms with Gasteiger partial charge >= 0.3 is 0 Å². The van der Waals surface area contributed by atoms with E-state index in [9.17, 15) is 10.4 Å². The van der Waals surface area contributed by atoms with Gasteiger partial charge in [0.05, 0.1) is 17.3 Å². The predicted octanol–water partition coefficient (Wildman–Crippen LogP) is 3.22. The van der Waals surface area contributed by atoms with E-state index in [1.54, 1.807) is 20.2 Å². The second-order valence-electron chi connectivity index (χ2n) is 7.41. The van der Waals surface area contributed by atoms with Crippen molar-refractivity contribution in [1.82, 2.24) is 15.3 Å². The lowest BCUT2D eigenvalue weighted by Gasteiger charge is -2.13. The minimum atomic E-state index is -0.594. The first-order chi connectivity index (χ1) is 15.6. The van der Waals surface area contributed by atoms with E-state index in [-0.39, 0.29) is 6.61 Å². The Hall–Kier alpha value is -3.31. The van der Waals surface area contributed by atoms with E-state index in [4.69, 9.17) is 19.4 Å². The molecular formula is C25H28N4O3. The van der Waals surface area contributed by atoms with Gasteiger partial charge in [0.15, 0.2) is 5.82 Å². The molecule has 1 aromatic heterocycles. The van der Waals surface area contributed by atoms with E-state index in [0.29, 0.717) is 30.3 Å². The van der Waals surface area contributed by atoms with Gasteiger partial charge in [-0.05, 0) is 50.2 Å². The maximum Gasteiger partial charge on any atom is 0.160 e. The van der Waals surface area contributed by atoms with Crippen LogP contribution in [0.15, 0.2) is 54.6 Å². The standard InChI is InChI=1S/C25H28N4O3/c1-27-16-22(30)17-32-23-10-4-8-20(13-23)25-28-21(9-5-11-31-2)14-24(29-25)19-7-3-6-18(12-19)15-26/h3-4,6-8,10,12-14,22,27,30H,5,9,11,16-17H2,1-2H3. The zero-order valence-corrected chi connectivity index (χ0v) is 18.4. The molecule has 166 valence electrons. The van der Waals surface area contributed by atoms with Crippen LogP contribution in [0.5, 0.6) is 5.75 Å². The fraction of sp³-hybridized carbons (Fsp3) is 0.320. The van der Waals surface area contributed by atoms with Crippen LogP contribution in [0.25, 0.3) is 22.6 Å². The zero-order valence-electron chi connectivity index (χ0n) is 18.4. The molecule has 0 saturated heterocycles. The van der Waals surface area contributed by atoms with Crippen LogP contribution in [0.2, 0.25) is 0 Å². The molecule has 0 radical (unpaired) electrons. The third-order valence-electron chi connectivity index (χ3n) is 4.82. The molecule has 1 heterocycles. The van der Waals surface area contributed by atoms with Crippen LogP contribution in [0.3, 0.4) is 0 Å². The highest BCUT2D eigenvalue weighted by Gasteiger charge is 2.11. The number of hydrogen-bond donors (Lipinski definition) is 2. The quantitative estimate of drug-likeness (QED) is 0.449. The number of likely N-dealkylation sites (N-methyl/N-ethyl adjacent to an activating group) is 1. The Balaban J connectivity index is 1.93. The number of benzene rings is 2. The topological polar surface area (TPSA) is 100 Å². The number of methoxy groups -OCH3 is 1. The number of rotatable bonds is 11. The normalized spacial score (nSPS) is 11.7. The van der Waals surface area contributed by atoms with Crippen molar-refractivity contribution >= 4 is 0 Å². The second-order valence-corrected chi connectivity index (χ2v) is 7.41. The third kappa shape index (κ3) is 6.59. The van der Waals surface area contributed by atoms with Crippen LogP contribution >= 0.6 is 0 Å². The molecule has 0 aliphatic rings. The number of aliphatic hydroxyl groups is 1. The molecule has 32 heavy (non-hydrogen) atoms. The molecule has 0 fully saturated rings. The number of hydrogen-bond acceptors (Lipinski definition) is 7. The summed E-state index contributed by atoms with van der Waals surface area (Å²) < 4.78 is 10.9. The van der Waals surface area contributed by atoms with Crippen molar-refractivity contribution < 1.29 is 14.6 Å². The summed E-state index contributed by atoms with van der Waals surface area (Å²) in [5, 5.41) is 22.1. The number of aliphatic hydroxyl groups excluding tert-OH is 1. The van der Waals surface area contributed by atoms with Gasteiger partial charge < -0.3 is 19.9 Å². The van der Waals surface area contributed by atoms with Gasteiger partial charge in [0.25, 0.3) is 0 Å². The van der Waals surface area contributed by atoms with Gasteiger partial charge in [-0.15, -0.1) is 0 Å². The van der Waals surface area contributed by atoms with E-state index < -0.39 is 6.10 Å². The fourth-order valence-electron chi connectivity index (χ4n) is 3.26. The van der Waals surface area contributed by atoms with Gasteiger partial charge in [0.1, 0.15) is 18.5 Å². The van der Waals surface area contributed by atoms with Crippen LogP contribution in [0.4, 0.5) is 0 Å². The van der Waals surface area contributed by atoms with Crippen LogP contribution in [-0.2, 0) is 11.2 Å². The Kier molecular flexibility index (Phi) is 8.70. The Labute approximate surface area is 188 Å². The molecule has 0 saturated carbocycles. The Morgan fingerprint density at radius 3 is 2.69 bits per heavy atom. The van der Waals surface area contributed by atoms with Crippen molar-refractivity contribution in [2.24, 2.45) is 0 Å². The monoisotopic (exact) mass is 432 g/mol. The molecule has 7 nitrogen and oxygen atoms in total. The lowest BCUT2D eigenvalue weighted by molar-refractivity contribution is 0.108. The largest absolute Gasteiger partial charge is 0.491 e. The maximum atomic E-state index is 9.90. The molecule has 1 atom stereocenters. The van der Waals surface area contributed by atoms with Gasteiger partial charge in [-0.2, -0.15) is 5.26 Å². The molecule has 7 heteroatoms. The first-order valence-electron chi connectivity index (χ1n) is 10.6. The van der Waals surface area contributed by atoms with Crippen molar-refractivity contribution in [1.29, 1.82) is 5.26 Å². The summed E-state index contributed by atoms with van der Waals surface area (Å²) in [5.74, 6) is 1.22. The summed E-state index contributed by atoms with van der Waals surface area (Å²) in [5.41, 5.74) is 3.93. The van der Waals surface area contributed by atoms with Crippen molar-refractivity contribution in [3.05, 3.63) is 65.9 Å². The summed E-state index contributed by atoms with van der Waals surface area (Å²) in [4.78, 5) is 9.54. The van der Waals surface area contributed by atoms with E-state index in [1.807, 2.05) is 48.5 Å². The molecular weight excluding hydrogens is 404 g/mol. The molecule has 0 aliphatic heterocycles. The fourth-order valence-corrected chi connectivity index (χ4v) is 3.26. The molecule has 0 aliphatic carbocycles. The predicted molar refractivity (Wildman–Crippen MR) is 123 cm³/mol. The molecule has 0 bridgehead atoms. The van der Waals surface area contributed by atoms with E-state index in [1.165, 1.54) is 0 Å². The molecule has 3 rings (SSSR count). The molecule has 3 aromatic rings. The number of nitrogens with one attached hydrogen (secondary N) is 1. The summed E-state index contributed by atoms with van der Waals surface area (Å²) in [6.45, 7) is 1.29. The average molecular weight is 433 g/mol. The number of nitriles is 1. The third-order valence-corrected chi connectivity index (χ3v) is 4.82. The van der Waals surface area contributed by atoms with Gasteiger partial charge in [0.2, 0.25) is 0 Å². The van der Waals surface area contributed by atoms with Crippen molar-refractivity contribution in [3.63, 3.8) is 0 Å². The highest BCUT2D eigenvalue weighted by atomic mass is 16.5. The lowest BCUT2D eigenvalue weighted by atomic mass is 10.1. The van der Waals surface area contributed by atoms with Gasteiger partial charge in [-0.1, -0.05) is 24.3 Å². The van der Waals surface area contributed by atoms with Crippen LogP contribution < -0.4 is 10.1 Å². The number of aromatic nitrogens is 2. The minimum Gasteiger partial charge on any atom is -0.491 e. The lowest BCUT2D eigenvalue weighted by Crippen LogP contribution is -2.29. The smallest absolute Gasteiger partial charge is 0.160 e. The summed E-state index contributed by atoms with van der Waals surface area (Å²) in [6, 6.07) is 19.1. The first-order valence-corrected chi connectivity index (χ1v) is 10.6. The number of ether oxygens (including phenoxy) is 2. The van der Waals surface area contributed by atoms with Gasteiger partial charge in [-0.3, -0.25) is 0 Å². The van der Waals surface area contributed by atoms with E-state index >= 15 is 0 Å². The molecule has 2 aromatic carbocycles. The van der Waals surface area contributed by atoms with Crippen LogP contribution in [0.1, 0.15) is 17.7 Å². The average Bonchev–Trinajstić information content (AvgIpc) is 2.83. The van der Waals surface area contributed by atoms with Crippen molar-refractivity contribution in [3.8, 4) is 34.5 Å². The number of nitrogens with zero attached hydrogens (tertiary/aromatic N) is 3. The molecule has 0 spiro atoms. The van der Waals surface area contributed by atoms with Crippen molar-refractivity contribution in [2.75, 3.05) is 33.9 Å². The molecule has 1 unspecified atom stereocenters. The highest BCUT2D eigenvalue weighted by Crippen LogP contribution is 2.26. The first kappa shape index (κ1) is 23.4. The summed E-state index contributed by atoms with van der Waals surface area (Å²) in [6.07, 6.45) is 1.00. The van der Waals surface area contributed by atoms with Gasteiger partial charge in [-0.25, -0.2) is 9.97 Å². The van der Waals surface area contributed by atoms with Gasteiger partial charge in [0, 0.05) is 37.1 Å². The minimum absolute atomic E-state index is 0.189. The zero-order chi connectivity index (χ0) is 22.8. The Bertz CT molecular complexity index is 1070. The van der Waals surface area contributed by atoms with Crippen molar-refractivity contribution in [2.45, 2.75) is 18.9 Å². The van der Waals surface area contributed by atoms with Crippen LogP contribution in [-0.4, -0.2) is 55.1 Å².